The summed E-state index contributed by atoms with van der Waals surface area (Å²) in [5, 5.41) is 11.7. The van der Waals surface area contributed by atoms with Gasteiger partial charge in [0.15, 0.2) is 0 Å². The van der Waals surface area contributed by atoms with Gasteiger partial charge in [-0.1, -0.05) is 39.1 Å². The van der Waals surface area contributed by atoms with E-state index in [9.17, 15) is 52.8 Å². The summed E-state index contributed by atoms with van der Waals surface area (Å²) in [5.41, 5.74) is 7.33. The lowest BCUT2D eigenvalue weighted by Gasteiger charge is -2.30. The summed E-state index contributed by atoms with van der Waals surface area (Å²) >= 11 is 0. The fourth-order valence-corrected chi connectivity index (χ4v) is 8.90. The van der Waals surface area contributed by atoms with Crippen molar-refractivity contribution in [1.82, 2.24) is 19.4 Å². The van der Waals surface area contributed by atoms with Crippen LogP contribution in [0.3, 0.4) is 0 Å². The summed E-state index contributed by atoms with van der Waals surface area (Å²) in [4.78, 5) is 31.7. The number of rotatable bonds is 9. The van der Waals surface area contributed by atoms with Gasteiger partial charge in [0.2, 0.25) is 26.0 Å². The lowest BCUT2D eigenvalue weighted by molar-refractivity contribution is -0.143. The summed E-state index contributed by atoms with van der Waals surface area (Å²) < 4.78 is 127. The van der Waals surface area contributed by atoms with Crippen LogP contribution in [0.2, 0.25) is 0 Å². The zero-order valence-corrected chi connectivity index (χ0v) is 39.6. The summed E-state index contributed by atoms with van der Waals surface area (Å²) in [6, 6.07) is 15.9. The van der Waals surface area contributed by atoms with E-state index >= 15 is 0 Å². The number of alkyl halides is 6. The molecule has 0 radical (unpaired) electrons. The minimum Gasteiger partial charge on any atom is -0.481 e. The highest BCUT2D eigenvalue weighted by Gasteiger charge is 2.36. The van der Waals surface area contributed by atoms with Crippen molar-refractivity contribution in [2.45, 2.75) is 142 Å². The zero-order chi connectivity index (χ0) is 50.2. The van der Waals surface area contributed by atoms with Gasteiger partial charge in [-0.25, -0.2) is 26.3 Å². The number of nitrogen functional groups attached to an aromatic ring is 1. The molecule has 0 unspecified atom stereocenters. The van der Waals surface area contributed by atoms with Crippen LogP contribution in [-0.4, -0.2) is 65.4 Å². The van der Waals surface area contributed by atoms with Crippen molar-refractivity contribution in [3.63, 3.8) is 0 Å². The van der Waals surface area contributed by atoms with Crippen molar-refractivity contribution >= 4 is 43.3 Å². The van der Waals surface area contributed by atoms with Crippen molar-refractivity contribution in [3.05, 3.63) is 96.3 Å². The Morgan fingerprint density at radius 3 is 1.23 bits per heavy atom. The summed E-state index contributed by atoms with van der Waals surface area (Å²) in [6.07, 6.45) is -1.17. The highest BCUT2D eigenvalue weighted by Crippen LogP contribution is 2.33. The topological polar surface area (TPSA) is 211 Å². The maximum atomic E-state index is 12.7. The molecule has 2 aliphatic rings. The number of aliphatic carboxylic acids is 1. The van der Waals surface area contributed by atoms with Gasteiger partial charge >= 0.3 is 18.3 Å². The number of anilines is 2. The van der Waals surface area contributed by atoms with E-state index in [2.05, 4.69) is 24.7 Å². The largest absolute Gasteiger partial charge is 0.481 e. The Balaban J connectivity index is 0.000000384. The number of carbonyl (C=O) groups excluding carboxylic acids is 1. The maximum absolute atomic E-state index is 12.7. The predicted molar refractivity (Wildman–Crippen MR) is 259 cm³/mol. The molecular formula is C48H66F6N6O7S2. The van der Waals surface area contributed by atoms with Crippen molar-refractivity contribution in [3.8, 4) is 22.5 Å². The number of aromatic nitrogens is 2. The maximum Gasteiger partial charge on any atom is 0.416 e. The van der Waals surface area contributed by atoms with Gasteiger partial charge in [-0.2, -0.15) is 26.3 Å². The van der Waals surface area contributed by atoms with Crippen LogP contribution in [0.15, 0.2) is 85.2 Å². The summed E-state index contributed by atoms with van der Waals surface area (Å²) in [7, 11) is -6.77. The molecule has 384 valence electrons. The highest BCUT2D eigenvalue weighted by molar-refractivity contribution is 7.91. The third kappa shape index (κ3) is 17.7. The third-order valence-electron chi connectivity index (χ3n) is 11.3. The number of carboxylic acids is 1. The van der Waals surface area contributed by atoms with Gasteiger partial charge in [0.1, 0.15) is 0 Å². The number of hydrogen-bond acceptors (Lipinski definition) is 9. The van der Waals surface area contributed by atoms with Gasteiger partial charge in [0, 0.05) is 29.1 Å². The van der Waals surface area contributed by atoms with Gasteiger partial charge in [-0.3, -0.25) is 19.6 Å². The molecule has 13 nitrogen and oxygen atoms in total. The predicted octanol–water partition coefficient (Wildman–Crippen LogP) is 11.0. The third-order valence-corrected chi connectivity index (χ3v) is 15.8. The molecule has 2 saturated carbocycles. The van der Waals surface area contributed by atoms with E-state index in [1.807, 2.05) is 0 Å². The number of amides is 1. The molecule has 0 spiro atoms. The monoisotopic (exact) mass is 1020 g/mol. The average molecular weight is 1020 g/mol. The number of sulfonamides is 2. The van der Waals surface area contributed by atoms with E-state index in [0.29, 0.717) is 85.3 Å². The smallest absolute Gasteiger partial charge is 0.416 e. The fraction of sp³-hybridized carbons (Fsp3) is 0.500. The first-order chi connectivity index (χ1) is 30.9. The number of pyridine rings is 2. The Morgan fingerprint density at radius 2 is 0.928 bits per heavy atom. The molecule has 69 heavy (non-hydrogen) atoms. The Hall–Kier alpha value is -5.12. The number of nitrogens with zero attached hydrogens (tertiary/aromatic N) is 2. The molecule has 1 amide bonds. The average Bonchev–Trinajstić information content (AvgIpc) is 3.23. The van der Waals surface area contributed by atoms with Crippen molar-refractivity contribution < 1.29 is 57.9 Å². The van der Waals surface area contributed by atoms with Crippen LogP contribution in [0.5, 0.6) is 0 Å². The second kappa shape index (κ2) is 24.1. The molecule has 2 aromatic heterocycles. The van der Waals surface area contributed by atoms with Crippen LogP contribution in [-0.2, 0) is 42.0 Å². The molecule has 21 heteroatoms. The number of carboxylic acid groups (broad SMARTS) is 1. The number of halogens is 6. The number of hydrogen-bond donors (Lipinski definition) is 5. The van der Waals surface area contributed by atoms with Crippen LogP contribution in [0.4, 0.5) is 37.7 Å². The van der Waals surface area contributed by atoms with E-state index in [-0.39, 0.29) is 44.7 Å². The van der Waals surface area contributed by atoms with Crippen LogP contribution in [0, 0.1) is 11.8 Å². The van der Waals surface area contributed by atoms with E-state index in [1.165, 1.54) is 36.7 Å². The Morgan fingerprint density at radius 1 is 0.565 bits per heavy atom. The first-order valence-electron chi connectivity index (χ1n) is 21.5. The number of benzene rings is 2. The Kier molecular flexibility index (Phi) is 21.0. The highest BCUT2D eigenvalue weighted by atomic mass is 32.2. The Labute approximate surface area is 402 Å². The van der Waals surface area contributed by atoms with Crippen LogP contribution < -0.4 is 20.5 Å². The lowest BCUT2D eigenvalue weighted by atomic mass is 9.86. The van der Waals surface area contributed by atoms with Gasteiger partial charge < -0.3 is 16.2 Å². The Bertz CT molecular complexity index is 2480. The summed E-state index contributed by atoms with van der Waals surface area (Å²) in [6.45, 7) is 9.89. The van der Waals surface area contributed by atoms with Crippen molar-refractivity contribution in [2.75, 3.05) is 11.1 Å². The number of nitrogens with two attached hydrogens (primary N) is 1. The SMILES string of the molecule is C.C.CC(C)(C)S(=O)(=O)NC1CCC(C(=O)Nc2ccc(-c3ccc(C(F)(F)F)cc3)nc2)CC1.CC(C)(C)S(=O)(=O)NC1CCC(C(=O)O)CC1.Nc1ccc(-c2ccc(C(F)(F)F)cc2)nc1. The lowest BCUT2D eigenvalue weighted by Crippen LogP contribution is -2.46. The van der Waals surface area contributed by atoms with Gasteiger partial charge in [-0.05, 0) is 141 Å². The van der Waals surface area contributed by atoms with Crippen LogP contribution in [0.25, 0.3) is 22.5 Å². The summed E-state index contributed by atoms with van der Waals surface area (Å²) in [5.74, 6) is -1.47. The molecule has 2 aromatic carbocycles. The second-order valence-corrected chi connectivity index (χ2v) is 23.4. The first kappa shape index (κ1) is 60.0. The van der Waals surface area contributed by atoms with E-state index < -0.39 is 59.0 Å². The number of nitrogens with one attached hydrogen (secondary N) is 3. The van der Waals surface area contributed by atoms with Crippen LogP contribution >= 0.6 is 0 Å². The fourth-order valence-electron chi connectivity index (χ4n) is 6.84. The minimum atomic E-state index is -4.39. The second-order valence-electron chi connectivity index (χ2n) is 18.5. The molecule has 2 aliphatic carbocycles. The molecule has 2 fully saturated rings. The zero-order valence-electron chi connectivity index (χ0n) is 38.0. The standard InChI is InChI=1S/C23H28F3N3O3S.C12H9F3N2.C11H21NO4S.2CH4/c1-22(2,3)33(31,32)29-18-10-6-16(7-11-18)21(30)28-19-12-13-20(27-14-19)15-4-8-17(9-5-15)23(24,25)26;13-12(14,15)9-3-1-8(2-4-9)11-6-5-10(16)7-17-11;1-11(2,3)17(15,16)12-9-6-4-8(5-7-9)10(13)14;;/h4-5,8-9,12-14,16,18,29H,6-7,10-11H2,1-3H3,(H,28,30);1-7H,16H2;8-9,12H,4-7H2,1-3H3,(H,13,14);2*1H4. The normalized spacial score (nSPS) is 18.9. The molecule has 0 aliphatic heterocycles. The van der Waals surface area contributed by atoms with Gasteiger partial charge in [0.25, 0.3) is 0 Å². The van der Waals surface area contributed by atoms with E-state index in [1.54, 1.807) is 65.8 Å². The molecule has 6 N–H and O–H groups in total. The molecule has 0 bridgehead atoms. The number of carbonyl (C=O) groups is 2. The first-order valence-corrected chi connectivity index (χ1v) is 24.4. The molecule has 2 heterocycles. The molecule has 0 atom stereocenters. The molecule has 0 saturated heterocycles. The minimum absolute atomic E-state index is 0. The van der Waals surface area contributed by atoms with E-state index in [4.69, 9.17) is 10.8 Å². The van der Waals surface area contributed by atoms with E-state index in [0.717, 1.165) is 24.3 Å². The quantitative estimate of drug-likeness (QED) is 0.100. The molecule has 4 aromatic rings. The van der Waals surface area contributed by atoms with Gasteiger partial charge in [-0.15, -0.1) is 0 Å². The van der Waals surface area contributed by atoms with Crippen molar-refractivity contribution in [1.29, 1.82) is 0 Å². The molecular weight excluding hydrogens is 951 g/mol. The van der Waals surface area contributed by atoms with Crippen molar-refractivity contribution in [2.24, 2.45) is 11.8 Å². The van der Waals surface area contributed by atoms with Gasteiger partial charge in [0.05, 0.1) is 61.7 Å². The van der Waals surface area contributed by atoms with Crippen LogP contribution in [0.1, 0.15) is 119 Å². The molecule has 6 rings (SSSR count).